The van der Waals surface area contributed by atoms with E-state index in [1.54, 1.807) is 0 Å². The van der Waals surface area contributed by atoms with Crippen molar-refractivity contribution < 1.29 is 8.42 Å². The van der Waals surface area contributed by atoms with Gasteiger partial charge in [-0.05, 0) is 43.4 Å². The molecule has 0 spiro atoms. The highest BCUT2D eigenvalue weighted by molar-refractivity contribution is 7.88. The second-order valence-corrected chi connectivity index (χ2v) is 9.67. The van der Waals surface area contributed by atoms with E-state index in [0.717, 1.165) is 43.9 Å². The van der Waals surface area contributed by atoms with Gasteiger partial charge in [-0.25, -0.2) is 17.8 Å². The summed E-state index contributed by atoms with van der Waals surface area (Å²) in [4.78, 5) is 2.43. The van der Waals surface area contributed by atoms with Gasteiger partial charge < -0.3 is 0 Å². The number of hydrogen-bond donors (Lipinski definition) is 1. The van der Waals surface area contributed by atoms with Crippen molar-refractivity contribution in [2.75, 3.05) is 25.9 Å². The maximum absolute atomic E-state index is 11.4. The van der Waals surface area contributed by atoms with Crippen LogP contribution in [-0.4, -0.2) is 49.0 Å². The fourth-order valence-corrected chi connectivity index (χ4v) is 4.25. The number of likely N-dealkylation sites (tertiary alicyclic amines) is 1. The van der Waals surface area contributed by atoms with Gasteiger partial charge in [-0.1, -0.05) is 32.0 Å². The maximum atomic E-state index is 11.4. The van der Waals surface area contributed by atoms with Gasteiger partial charge in [0.05, 0.1) is 17.6 Å². The summed E-state index contributed by atoms with van der Waals surface area (Å²) < 4.78 is 27.4. The van der Waals surface area contributed by atoms with Crippen LogP contribution in [0.2, 0.25) is 0 Å². The minimum atomic E-state index is -3.13. The number of hydrogen-bond acceptors (Lipinski definition) is 4. The third-order valence-corrected chi connectivity index (χ3v) is 5.71. The van der Waals surface area contributed by atoms with Crippen LogP contribution in [0.5, 0.6) is 0 Å². The standard InChI is InChI=1S/C20H30N4O2S/c1-16(2)20-18(15-24(22-20)19-9-5-4-6-10-19)14-23-11-7-8-17(13-23)12-21-27(3,25)26/h4-6,9-10,15-17,21H,7-8,11-14H2,1-3H3. The molecule has 148 valence electrons. The molecule has 7 heteroatoms. The number of sulfonamides is 1. The van der Waals surface area contributed by atoms with E-state index in [9.17, 15) is 8.42 Å². The fourth-order valence-electron chi connectivity index (χ4n) is 3.72. The Balaban J connectivity index is 1.71. The molecule has 0 saturated carbocycles. The van der Waals surface area contributed by atoms with E-state index in [1.807, 2.05) is 22.9 Å². The van der Waals surface area contributed by atoms with Crippen LogP contribution in [0.3, 0.4) is 0 Å². The zero-order chi connectivity index (χ0) is 19.4. The first-order valence-electron chi connectivity index (χ1n) is 9.62. The Morgan fingerprint density at radius 1 is 1.26 bits per heavy atom. The predicted octanol–water partition coefficient (Wildman–Crippen LogP) is 2.76. The van der Waals surface area contributed by atoms with Crippen LogP contribution < -0.4 is 4.72 Å². The van der Waals surface area contributed by atoms with E-state index in [1.165, 1.54) is 11.8 Å². The third kappa shape index (κ3) is 5.64. The first-order chi connectivity index (χ1) is 12.8. The van der Waals surface area contributed by atoms with E-state index < -0.39 is 10.0 Å². The summed E-state index contributed by atoms with van der Waals surface area (Å²) in [6.45, 7) is 7.69. The third-order valence-electron chi connectivity index (χ3n) is 5.02. The summed E-state index contributed by atoms with van der Waals surface area (Å²) in [6.07, 6.45) is 5.53. The molecule has 3 rings (SSSR count). The van der Waals surface area contributed by atoms with Crippen molar-refractivity contribution in [2.24, 2.45) is 5.92 Å². The van der Waals surface area contributed by atoms with Crippen molar-refractivity contribution in [3.63, 3.8) is 0 Å². The molecule has 1 aliphatic rings. The van der Waals surface area contributed by atoms with Gasteiger partial charge in [-0.15, -0.1) is 0 Å². The number of nitrogens with zero attached hydrogens (tertiary/aromatic N) is 3. The summed E-state index contributed by atoms with van der Waals surface area (Å²) in [5.74, 6) is 0.720. The summed E-state index contributed by atoms with van der Waals surface area (Å²) in [5.41, 5.74) is 3.46. The van der Waals surface area contributed by atoms with Crippen LogP contribution in [0.4, 0.5) is 0 Å². The van der Waals surface area contributed by atoms with Gasteiger partial charge in [-0.3, -0.25) is 4.90 Å². The monoisotopic (exact) mass is 390 g/mol. The Hall–Kier alpha value is -1.70. The van der Waals surface area contributed by atoms with Gasteiger partial charge in [0.25, 0.3) is 0 Å². The molecule has 2 heterocycles. The van der Waals surface area contributed by atoms with E-state index in [4.69, 9.17) is 5.10 Å². The van der Waals surface area contributed by atoms with Crippen molar-refractivity contribution in [3.05, 3.63) is 47.8 Å². The molecule has 1 atom stereocenters. The number of rotatable bonds is 7. The molecule has 1 aromatic heterocycles. The molecule has 1 aliphatic heterocycles. The highest BCUT2D eigenvalue weighted by Crippen LogP contribution is 2.24. The van der Waals surface area contributed by atoms with Crippen LogP contribution in [0, 0.1) is 5.92 Å². The Morgan fingerprint density at radius 3 is 2.67 bits per heavy atom. The molecule has 27 heavy (non-hydrogen) atoms. The minimum absolute atomic E-state index is 0.359. The van der Waals surface area contributed by atoms with Gasteiger partial charge in [0.1, 0.15) is 0 Å². The van der Waals surface area contributed by atoms with Crippen molar-refractivity contribution in [1.82, 2.24) is 19.4 Å². The molecular formula is C20H30N4O2S. The van der Waals surface area contributed by atoms with Crippen LogP contribution in [0.1, 0.15) is 43.9 Å². The van der Waals surface area contributed by atoms with E-state index >= 15 is 0 Å². The van der Waals surface area contributed by atoms with Crippen molar-refractivity contribution in [2.45, 2.75) is 39.2 Å². The topological polar surface area (TPSA) is 67.2 Å². The zero-order valence-electron chi connectivity index (χ0n) is 16.4. The second kappa shape index (κ2) is 8.54. The quantitative estimate of drug-likeness (QED) is 0.789. The number of piperidine rings is 1. The summed E-state index contributed by atoms with van der Waals surface area (Å²) in [5, 5.41) is 4.83. The Kier molecular flexibility index (Phi) is 6.34. The van der Waals surface area contributed by atoms with E-state index in [-0.39, 0.29) is 0 Å². The van der Waals surface area contributed by atoms with Gasteiger partial charge in [0, 0.05) is 31.4 Å². The van der Waals surface area contributed by atoms with Crippen molar-refractivity contribution in [3.8, 4) is 5.69 Å². The number of nitrogens with one attached hydrogen (secondary N) is 1. The summed E-state index contributed by atoms with van der Waals surface area (Å²) >= 11 is 0. The molecule has 6 nitrogen and oxygen atoms in total. The first kappa shape index (κ1) is 20.0. The lowest BCUT2D eigenvalue weighted by atomic mass is 9.97. The van der Waals surface area contributed by atoms with Gasteiger partial charge in [0.15, 0.2) is 0 Å². The first-order valence-corrected chi connectivity index (χ1v) is 11.5. The molecule has 0 bridgehead atoms. The van der Waals surface area contributed by atoms with E-state index in [2.05, 4.69) is 41.8 Å². The Labute approximate surface area is 162 Å². The Morgan fingerprint density at radius 2 is 2.00 bits per heavy atom. The average Bonchev–Trinajstić information content (AvgIpc) is 3.05. The van der Waals surface area contributed by atoms with Gasteiger partial charge in [-0.2, -0.15) is 5.10 Å². The highest BCUT2D eigenvalue weighted by Gasteiger charge is 2.23. The summed E-state index contributed by atoms with van der Waals surface area (Å²) in [7, 11) is -3.13. The lowest BCUT2D eigenvalue weighted by molar-refractivity contribution is 0.168. The molecular weight excluding hydrogens is 360 g/mol. The van der Waals surface area contributed by atoms with Gasteiger partial charge >= 0.3 is 0 Å². The Bertz CT molecular complexity index is 846. The lowest BCUT2D eigenvalue weighted by Crippen LogP contribution is -2.40. The van der Waals surface area contributed by atoms with Crippen LogP contribution in [0.15, 0.2) is 36.5 Å². The molecule has 1 saturated heterocycles. The van der Waals surface area contributed by atoms with Crippen LogP contribution >= 0.6 is 0 Å². The molecule has 1 aromatic carbocycles. The van der Waals surface area contributed by atoms with Crippen molar-refractivity contribution in [1.29, 1.82) is 0 Å². The zero-order valence-corrected chi connectivity index (χ0v) is 17.2. The SMILES string of the molecule is CC(C)c1nn(-c2ccccc2)cc1CN1CCCC(CNS(C)(=O)=O)C1. The molecule has 1 unspecified atom stereocenters. The van der Waals surface area contributed by atoms with Gasteiger partial charge in [0.2, 0.25) is 10.0 Å². The van der Waals surface area contributed by atoms with Crippen molar-refractivity contribution >= 4 is 10.0 Å². The van der Waals surface area contributed by atoms with Crippen LogP contribution in [0.25, 0.3) is 5.69 Å². The molecule has 0 radical (unpaired) electrons. The average molecular weight is 391 g/mol. The fraction of sp³-hybridized carbons (Fsp3) is 0.550. The highest BCUT2D eigenvalue weighted by atomic mass is 32.2. The largest absolute Gasteiger partial charge is 0.299 e. The molecule has 1 N–H and O–H groups in total. The smallest absolute Gasteiger partial charge is 0.208 e. The predicted molar refractivity (Wildman–Crippen MR) is 109 cm³/mol. The number of para-hydroxylation sites is 1. The second-order valence-electron chi connectivity index (χ2n) is 7.84. The maximum Gasteiger partial charge on any atom is 0.208 e. The van der Waals surface area contributed by atoms with E-state index in [0.29, 0.717) is 18.4 Å². The molecule has 0 aliphatic carbocycles. The molecule has 0 amide bonds. The minimum Gasteiger partial charge on any atom is -0.299 e. The number of aromatic nitrogens is 2. The van der Waals surface area contributed by atoms with Crippen LogP contribution in [-0.2, 0) is 16.6 Å². The lowest BCUT2D eigenvalue weighted by Gasteiger charge is -2.32. The number of benzene rings is 1. The molecule has 2 aromatic rings. The summed E-state index contributed by atoms with van der Waals surface area (Å²) in [6, 6.07) is 10.2. The normalized spacial score (nSPS) is 18.9. The molecule has 1 fully saturated rings.